The average Bonchev–Trinajstić information content (AvgIpc) is 3.57. The molecule has 2 aliphatic rings. The second-order valence-corrected chi connectivity index (χ2v) is 9.61. The van der Waals surface area contributed by atoms with Crippen LogP contribution in [0.5, 0.6) is 5.88 Å². The summed E-state index contributed by atoms with van der Waals surface area (Å²) in [4.78, 5) is 21.8. The molecule has 0 unspecified atom stereocenters. The van der Waals surface area contributed by atoms with Gasteiger partial charge in [-0.3, -0.25) is 4.98 Å². The number of rotatable bonds is 5. The van der Waals surface area contributed by atoms with Gasteiger partial charge in [0, 0.05) is 30.3 Å². The number of methoxy groups -OCH3 is 1. The first-order chi connectivity index (χ1) is 18.9. The van der Waals surface area contributed by atoms with Crippen LogP contribution in [-0.4, -0.2) is 36.6 Å². The standard InChI is InChI=1S/C27H21F3N6O3/c1-37-25-21(22(15-3-4-15)32-12-33-25)26-34-18-6-7-31-19(23(18)39-26)9-14-2-5-17-16(8-14)11-38-13-36-10-20(27(28,29)30)35-24(17)36/h2,5-8,10,12,15H,3-4,9,11,13H2,1H3. The zero-order chi connectivity index (χ0) is 26.7. The molecule has 5 aromatic rings. The van der Waals surface area contributed by atoms with Gasteiger partial charge in [0.2, 0.25) is 11.8 Å². The van der Waals surface area contributed by atoms with Crippen LogP contribution in [0.25, 0.3) is 33.9 Å². The van der Waals surface area contributed by atoms with Crippen LogP contribution in [0.4, 0.5) is 13.2 Å². The molecule has 12 heteroatoms. The summed E-state index contributed by atoms with van der Waals surface area (Å²) in [7, 11) is 1.55. The molecule has 0 bridgehead atoms. The van der Waals surface area contributed by atoms with Crippen LogP contribution in [0.1, 0.15) is 47.0 Å². The number of ether oxygens (including phenoxy) is 2. The number of hydrogen-bond donors (Lipinski definition) is 0. The molecule has 1 saturated carbocycles. The van der Waals surface area contributed by atoms with Crippen LogP contribution in [0, 0.1) is 0 Å². The predicted octanol–water partition coefficient (Wildman–Crippen LogP) is 5.53. The third-order valence-corrected chi connectivity index (χ3v) is 6.93. The molecule has 7 rings (SSSR count). The van der Waals surface area contributed by atoms with E-state index in [1.54, 1.807) is 25.4 Å². The monoisotopic (exact) mass is 534 g/mol. The van der Waals surface area contributed by atoms with Crippen molar-refractivity contribution in [2.24, 2.45) is 0 Å². The van der Waals surface area contributed by atoms with E-state index in [2.05, 4.69) is 19.9 Å². The minimum Gasteiger partial charge on any atom is -0.480 e. The molecule has 5 heterocycles. The maximum Gasteiger partial charge on any atom is 0.434 e. The predicted molar refractivity (Wildman–Crippen MR) is 132 cm³/mol. The van der Waals surface area contributed by atoms with Crippen molar-refractivity contribution < 1.29 is 27.1 Å². The Morgan fingerprint density at radius 2 is 1.97 bits per heavy atom. The second kappa shape index (κ2) is 8.87. The summed E-state index contributed by atoms with van der Waals surface area (Å²) < 4.78 is 58.5. The summed E-state index contributed by atoms with van der Waals surface area (Å²) in [6.45, 7) is 0.232. The van der Waals surface area contributed by atoms with E-state index < -0.39 is 11.9 Å². The van der Waals surface area contributed by atoms with Gasteiger partial charge in [-0.05, 0) is 30.0 Å². The van der Waals surface area contributed by atoms with Crippen molar-refractivity contribution in [1.29, 1.82) is 0 Å². The molecule has 0 saturated heterocycles. The molecule has 1 aliphatic heterocycles. The molecule has 0 atom stereocenters. The van der Waals surface area contributed by atoms with E-state index in [0.29, 0.717) is 52.0 Å². The lowest BCUT2D eigenvalue weighted by Crippen LogP contribution is -2.05. The average molecular weight is 534 g/mol. The first-order valence-corrected chi connectivity index (χ1v) is 12.4. The van der Waals surface area contributed by atoms with Gasteiger partial charge in [-0.2, -0.15) is 13.2 Å². The van der Waals surface area contributed by atoms with Crippen LogP contribution in [-0.2, 0) is 30.7 Å². The van der Waals surface area contributed by atoms with Gasteiger partial charge in [0.1, 0.15) is 30.0 Å². The van der Waals surface area contributed by atoms with Gasteiger partial charge in [-0.25, -0.2) is 19.9 Å². The number of oxazole rings is 1. The Hall–Kier alpha value is -4.32. The zero-order valence-corrected chi connectivity index (χ0v) is 20.7. The smallest absolute Gasteiger partial charge is 0.434 e. The molecule has 4 aromatic heterocycles. The Bertz CT molecular complexity index is 1720. The Balaban J connectivity index is 1.25. The van der Waals surface area contributed by atoms with E-state index in [0.717, 1.165) is 35.9 Å². The van der Waals surface area contributed by atoms with Gasteiger partial charge in [-0.1, -0.05) is 18.2 Å². The molecule has 1 aliphatic carbocycles. The lowest BCUT2D eigenvalue weighted by molar-refractivity contribution is -0.141. The number of nitrogens with zero attached hydrogens (tertiary/aromatic N) is 6. The van der Waals surface area contributed by atoms with E-state index in [4.69, 9.17) is 18.9 Å². The second-order valence-electron chi connectivity index (χ2n) is 9.61. The molecule has 0 spiro atoms. The molecule has 0 N–H and O–H groups in total. The van der Waals surface area contributed by atoms with Gasteiger partial charge in [0.25, 0.3) is 0 Å². The Morgan fingerprint density at radius 3 is 2.77 bits per heavy atom. The first kappa shape index (κ1) is 23.8. The molecular weight excluding hydrogens is 513 g/mol. The SMILES string of the molecule is COc1ncnc(C2CC2)c1-c1nc2ccnc(Cc3ccc4c(c3)COCn3cc(C(F)(F)F)nc3-4)c2o1. The fourth-order valence-corrected chi connectivity index (χ4v) is 4.95. The summed E-state index contributed by atoms with van der Waals surface area (Å²) >= 11 is 0. The van der Waals surface area contributed by atoms with Crippen molar-refractivity contribution in [3.63, 3.8) is 0 Å². The molecule has 0 radical (unpaired) electrons. The summed E-state index contributed by atoms with van der Waals surface area (Å²) in [5, 5.41) is 0. The molecule has 1 fully saturated rings. The third kappa shape index (κ3) is 4.20. The fourth-order valence-electron chi connectivity index (χ4n) is 4.95. The summed E-state index contributed by atoms with van der Waals surface area (Å²) in [6.07, 6.45) is 2.11. The van der Waals surface area contributed by atoms with Gasteiger partial charge in [-0.15, -0.1) is 0 Å². The van der Waals surface area contributed by atoms with Crippen molar-refractivity contribution in [2.75, 3.05) is 7.11 Å². The van der Waals surface area contributed by atoms with Crippen molar-refractivity contribution in [2.45, 2.75) is 44.7 Å². The van der Waals surface area contributed by atoms with Gasteiger partial charge < -0.3 is 18.5 Å². The summed E-state index contributed by atoms with van der Waals surface area (Å²) in [5.74, 6) is 1.34. The van der Waals surface area contributed by atoms with Crippen LogP contribution >= 0.6 is 0 Å². The minimum absolute atomic E-state index is 0.0142. The summed E-state index contributed by atoms with van der Waals surface area (Å²) in [5.41, 5.74) is 4.66. The lowest BCUT2D eigenvalue weighted by atomic mass is 10.0. The van der Waals surface area contributed by atoms with E-state index >= 15 is 0 Å². The van der Waals surface area contributed by atoms with Gasteiger partial charge in [0.05, 0.1) is 25.1 Å². The topological polar surface area (TPSA) is 101 Å². The Kier molecular flexibility index (Phi) is 5.41. The van der Waals surface area contributed by atoms with E-state index in [1.807, 2.05) is 12.1 Å². The van der Waals surface area contributed by atoms with Crippen LogP contribution < -0.4 is 4.74 Å². The molecular formula is C27H21F3N6O3. The molecule has 0 amide bonds. The van der Waals surface area contributed by atoms with Gasteiger partial charge in [0.15, 0.2) is 11.3 Å². The van der Waals surface area contributed by atoms with Gasteiger partial charge >= 0.3 is 6.18 Å². The third-order valence-electron chi connectivity index (χ3n) is 6.93. The minimum atomic E-state index is -4.53. The number of hydrogen-bond acceptors (Lipinski definition) is 8. The van der Waals surface area contributed by atoms with E-state index in [9.17, 15) is 13.2 Å². The quantitative estimate of drug-likeness (QED) is 0.290. The number of fused-ring (bicyclic) bond motifs is 4. The van der Waals surface area contributed by atoms with E-state index in [1.165, 1.54) is 10.9 Å². The molecule has 9 nitrogen and oxygen atoms in total. The highest BCUT2D eigenvalue weighted by Crippen LogP contribution is 2.46. The van der Waals surface area contributed by atoms with Crippen molar-refractivity contribution in [3.05, 3.63) is 71.2 Å². The normalized spacial score (nSPS) is 15.2. The van der Waals surface area contributed by atoms with Crippen LogP contribution in [0.3, 0.4) is 0 Å². The maximum atomic E-state index is 13.3. The highest BCUT2D eigenvalue weighted by molar-refractivity contribution is 5.80. The van der Waals surface area contributed by atoms with E-state index in [-0.39, 0.29) is 19.2 Å². The maximum absolute atomic E-state index is 13.3. The highest BCUT2D eigenvalue weighted by Gasteiger charge is 2.36. The summed E-state index contributed by atoms with van der Waals surface area (Å²) in [6, 6.07) is 7.32. The van der Waals surface area contributed by atoms with Crippen molar-refractivity contribution in [1.82, 2.24) is 29.5 Å². The van der Waals surface area contributed by atoms with Crippen LogP contribution in [0.15, 0.2) is 47.4 Å². The Labute approximate surface area is 219 Å². The molecule has 1 aromatic carbocycles. The number of aromatic nitrogens is 6. The number of imidazole rings is 1. The number of halogens is 3. The number of alkyl halides is 3. The van der Waals surface area contributed by atoms with Crippen molar-refractivity contribution in [3.8, 4) is 28.7 Å². The number of pyridine rings is 1. The van der Waals surface area contributed by atoms with Crippen LogP contribution in [0.2, 0.25) is 0 Å². The number of benzene rings is 1. The lowest BCUT2D eigenvalue weighted by Gasteiger charge is -2.09. The molecule has 39 heavy (non-hydrogen) atoms. The first-order valence-electron chi connectivity index (χ1n) is 12.4. The van der Waals surface area contributed by atoms with Crippen molar-refractivity contribution >= 4 is 11.1 Å². The largest absolute Gasteiger partial charge is 0.480 e. The molecule has 198 valence electrons. The Morgan fingerprint density at radius 1 is 1.10 bits per heavy atom. The zero-order valence-electron chi connectivity index (χ0n) is 20.7. The highest BCUT2D eigenvalue weighted by atomic mass is 19.4. The fraction of sp³-hybridized carbons (Fsp3) is 0.296.